The van der Waals surface area contributed by atoms with E-state index in [1.54, 1.807) is 4.90 Å². The third-order valence-electron chi connectivity index (χ3n) is 3.54. The second-order valence-corrected chi connectivity index (χ2v) is 5.03. The zero-order chi connectivity index (χ0) is 14.4. The van der Waals surface area contributed by atoms with Gasteiger partial charge in [0.05, 0.1) is 12.7 Å². The first kappa shape index (κ1) is 15.0. The first-order valence-electron chi connectivity index (χ1n) is 7.03. The number of hydrogen-bond donors (Lipinski definition) is 2. The van der Waals surface area contributed by atoms with Crippen molar-refractivity contribution in [1.29, 1.82) is 0 Å². The normalized spacial score (nSPS) is 21.9. The summed E-state index contributed by atoms with van der Waals surface area (Å²) < 4.78 is 5.64. The van der Waals surface area contributed by atoms with Crippen LogP contribution in [-0.4, -0.2) is 47.8 Å². The highest BCUT2D eigenvalue weighted by Gasteiger charge is 2.32. The smallest absolute Gasteiger partial charge is 0.252 e. The van der Waals surface area contributed by atoms with Crippen molar-refractivity contribution in [2.24, 2.45) is 5.73 Å². The van der Waals surface area contributed by atoms with E-state index in [2.05, 4.69) is 0 Å². The maximum absolute atomic E-state index is 12.5. The Morgan fingerprint density at radius 3 is 2.70 bits per heavy atom. The van der Waals surface area contributed by atoms with Gasteiger partial charge in [-0.3, -0.25) is 4.79 Å². The van der Waals surface area contributed by atoms with Gasteiger partial charge in [0.2, 0.25) is 0 Å². The van der Waals surface area contributed by atoms with Crippen molar-refractivity contribution < 1.29 is 14.6 Å². The molecule has 2 atom stereocenters. The minimum atomic E-state index is -0.418. The maximum atomic E-state index is 12.5. The minimum absolute atomic E-state index is 0.0170. The largest absolute Gasteiger partial charge is 0.395 e. The lowest BCUT2D eigenvalue weighted by Crippen LogP contribution is -2.40. The van der Waals surface area contributed by atoms with Crippen molar-refractivity contribution in [3.05, 3.63) is 35.9 Å². The van der Waals surface area contributed by atoms with E-state index in [9.17, 15) is 4.79 Å². The van der Waals surface area contributed by atoms with Crippen LogP contribution < -0.4 is 5.73 Å². The molecule has 0 aliphatic carbocycles. The number of nitrogens with zero attached hydrogens (tertiary/aromatic N) is 1. The Morgan fingerprint density at radius 1 is 1.35 bits per heavy atom. The molecule has 2 rings (SSSR count). The molecular formula is C15H22N2O3. The van der Waals surface area contributed by atoms with Crippen molar-refractivity contribution in [3.63, 3.8) is 0 Å². The fourth-order valence-corrected chi connectivity index (χ4v) is 2.46. The van der Waals surface area contributed by atoms with Gasteiger partial charge < -0.3 is 20.5 Å². The van der Waals surface area contributed by atoms with Gasteiger partial charge in [-0.1, -0.05) is 30.3 Å². The molecule has 0 spiro atoms. The summed E-state index contributed by atoms with van der Waals surface area (Å²) in [6.45, 7) is 1.21. The van der Waals surface area contributed by atoms with Crippen molar-refractivity contribution in [2.75, 3.05) is 19.7 Å². The van der Waals surface area contributed by atoms with E-state index in [1.807, 2.05) is 30.3 Å². The molecule has 110 valence electrons. The monoisotopic (exact) mass is 278 g/mol. The highest BCUT2D eigenvalue weighted by atomic mass is 16.5. The Kier molecular flexibility index (Phi) is 5.52. The lowest BCUT2D eigenvalue weighted by atomic mass is 10.1. The maximum Gasteiger partial charge on any atom is 0.252 e. The van der Waals surface area contributed by atoms with E-state index >= 15 is 0 Å². The number of ether oxygens (including phenoxy) is 1. The SMILES string of the molecule is NCC1CCC(C(=O)N(CCO)Cc2ccccc2)O1. The van der Waals surface area contributed by atoms with Gasteiger partial charge in [-0.15, -0.1) is 0 Å². The van der Waals surface area contributed by atoms with Crippen LogP contribution in [0.5, 0.6) is 0 Å². The van der Waals surface area contributed by atoms with Crippen LogP contribution in [0, 0.1) is 0 Å². The van der Waals surface area contributed by atoms with Crippen LogP contribution in [0.4, 0.5) is 0 Å². The number of amides is 1. The van der Waals surface area contributed by atoms with Crippen LogP contribution in [0.25, 0.3) is 0 Å². The standard InChI is InChI=1S/C15H22N2O3/c16-10-13-6-7-14(20-13)15(19)17(8-9-18)11-12-4-2-1-3-5-12/h1-5,13-14,18H,6-11,16H2. The van der Waals surface area contributed by atoms with Crippen LogP contribution in [-0.2, 0) is 16.1 Å². The van der Waals surface area contributed by atoms with Crippen LogP contribution in [0.3, 0.4) is 0 Å². The number of aliphatic hydroxyl groups is 1. The second-order valence-electron chi connectivity index (χ2n) is 5.03. The number of nitrogens with two attached hydrogens (primary N) is 1. The summed E-state index contributed by atoms with van der Waals surface area (Å²) in [6, 6.07) is 9.75. The lowest BCUT2D eigenvalue weighted by molar-refractivity contribution is -0.143. The van der Waals surface area contributed by atoms with Crippen LogP contribution >= 0.6 is 0 Å². The molecule has 1 heterocycles. The topological polar surface area (TPSA) is 75.8 Å². The Hall–Kier alpha value is -1.43. The number of carbonyl (C=O) groups excluding carboxylic acids is 1. The van der Waals surface area contributed by atoms with E-state index in [-0.39, 0.29) is 18.6 Å². The summed E-state index contributed by atoms with van der Waals surface area (Å²) >= 11 is 0. The molecule has 1 amide bonds. The average Bonchev–Trinajstić information content (AvgIpc) is 2.96. The van der Waals surface area contributed by atoms with Crippen LogP contribution in [0.1, 0.15) is 18.4 Å². The molecule has 0 saturated carbocycles. The Labute approximate surface area is 119 Å². The molecule has 1 saturated heterocycles. The van der Waals surface area contributed by atoms with Gasteiger partial charge in [-0.2, -0.15) is 0 Å². The summed E-state index contributed by atoms with van der Waals surface area (Å²) in [6.07, 6.45) is 1.10. The number of carbonyl (C=O) groups is 1. The quantitative estimate of drug-likeness (QED) is 0.795. The molecule has 0 radical (unpaired) electrons. The van der Waals surface area contributed by atoms with E-state index in [4.69, 9.17) is 15.6 Å². The molecule has 1 fully saturated rings. The van der Waals surface area contributed by atoms with E-state index in [1.165, 1.54) is 0 Å². The van der Waals surface area contributed by atoms with E-state index < -0.39 is 6.10 Å². The molecule has 0 bridgehead atoms. The van der Waals surface area contributed by atoms with Crippen molar-refractivity contribution in [2.45, 2.75) is 31.6 Å². The summed E-state index contributed by atoms with van der Waals surface area (Å²) in [5, 5.41) is 9.15. The van der Waals surface area contributed by atoms with Crippen molar-refractivity contribution in [3.8, 4) is 0 Å². The van der Waals surface area contributed by atoms with Crippen LogP contribution in [0.2, 0.25) is 0 Å². The number of hydrogen-bond acceptors (Lipinski definition) is 4. The first-order valence-corrected chi connectivity index (χ1v) is 7.03. The summed E-state index contributed by atoms with van der Waals surface area (Å²) in [4.78, 5) is 14.1. The van der Waals surface area contributed by atoms with Crippen molar-refractivity contribution >= 4 is 5.91 Å². The molecule has 0 aromatic heterocycles. The molecule has 20 heavy (non-hydrogen) atoms. The second kappa shape index (κ2) is 7.38. The Morgan fingerprint density at radius 2 is 2.10 bits per heavy atom. The molecule has 3 N–H and O–H groups in total. The van der Waals surface area contributed by atoms with E-state index in [0.717, 1.165) is 12.0 Å². The zero-order valence-corrected chi connectivity index (χ0v) is 11.6. The predicted octanol–water partition coefficient (Wildman–Crippen LogP) is 0.514. The van der Waals surface area contributed by atoms with Gasteiger partial charge in [0.25, 0.3) is 5.91 Å². The third-order valence-corrected chi connectivity index (χ3v) is 3.54. The first-order chi connectivity index (χ1) is 9.74. The molecular weight excluding hydrogens is 256 g/mol. The van der Waals surface area contributed by atoms with Gasteiger partial charge in [0.15, 0.2) is 0 Å². The van der Waals surface area contributed by atoms with Crippen LogP contribution in [0.15, 0.2) is 30.3 Å². The highest BCUT2D eigenvalue weighted by Crippen LogP contribution is 2.21. The summed E-state index contributed by atoms with van der Waals surface area (Å²) in [5.41, 5.74) is 6.61. The molecule has 5 nitrogen and oxygen atoms in total. The predicted molar refractivity (Wildman–Crippen MR) is 75.9 cm³/mol. The lowest BCUT2D eigenvalue weighted by Gasteiger charge is -2.25. The fraction of sp³-hybridized carbons (Fsp3) is 0.533. The van der Waals surface area contributed by atoms with Gasteiger partial charge in [0, 0.05) is 19.6 Å². The zero-order valence-electron chi connectivity index (χ0n) is 11.6. The molecule has 1 aliphatic rings. The summed E-state index contributed by atoms with van der Waals surface area (Å²) in [7, 11) is 0. The van der Waals surface area contributed by atoms with Crippen molar-refractivity contribution in [1.82, 2.24) is 4.90 Å². The van der Waals surface area contributed by atoms with Gasteiger partial charge in [-0.05, 0) is 18.4 Å². The molecule has 5 heteroatoms. The van der Waals surface area contributed by atoms with Gasteiger partial charge >= 0.3 is 0 Å². The average molecular weight is 278 g/mol. The third kappa shape index (κ3) is 3.79. The summed E-state index contributed by atoms with van der Waals surface area (Å²) in [5.74, 6) is -0.0566. The van der Waals surface area contributed by atoms with Gasteiger partial charge in [0.1, 0.15) is 6.10 Å². The molecule has 1 aromatic carbocycles. The number of aliphatic hydroxyl groups excluding tert-OH is 1. The van der Waals surface area contributed by atoms with Gasteiger partial charge in [-0.25, -0.2) is 0 Å². The Bertz CT molecular complexity index is 424. The molecule has 1 aromatic rings. The highest BCUT2D eigenvalue weighted by molar-refractivity contribution is 5.81. The number of rotatable bonds is 6. The van der Waals surface area contributed by atoms with E-state index in [0.29, 0.717) is 26.1 Å². The number of benzene rings is 1. The minimum Gasteiger partial charge on any atom is -0.395 e. The molecule has 2 unspecified atom stereocenters. The Balaban J connectivity index is 1.99. The molecule has 1 aliphatic heterocycles. The fourth-order valence-electron chi connectivity index (χ4n) is 2.46.